The summed E-state index contributed by atoms with van der Waals surface area (Å²) >= 11 is 5.93. The lowest BCUT2D eigenvalue weighted by Gasteiger charge is -2.16. The van der Waals surface area contributed by atoms with E-state index in [-0.39, 0.29) is 17.8 Å². The maximum Gasteiger partial charge on any atom is 0.309 e. The van der Waals surface area contributed by atoms with E-state index in [2.05, 4.69) is 0 Å². The van der Waals surface area contributed by atoms with E-state index in [1.54, 1.807) is 14.2 Å². The third-order valence-electron chi connectivity index (χ3n) is 4.63. The van der Waals surface area contributed by atoms with Gasteiger partial charge in [0.25, 0.3) is 0 Å². The molecule has 0 saturated carbocycles. The van der Waals surface area contributed by atoms with Crippen molar-refractivity contribution in [2.24, 2.45) is 11.8 Å². The standard InChI is InChI=1S/C20H21ClO4/c1-23-18-8-5-14(11-19(18)24-2)9-15-12-25-20(22)17(15)10-13-3-6-16(21)7-4-13/h3-8,11,15,17H,9-10,12H2,1-2H3/t15-,17+/m0/s1. The quantitative estimate of drug-likeness (QED) is 0.732. The smallest absolute Gasteiger partial charge is 0.309 e. The summed E-state index contributed by atoms with van der Waals surface area (Å²) < 4.78 is 16.0. The predicted molar refractivity (Wildman–Crippen MR) is 96.3 cm³/mol. The Hall–Kier alpha value is -2.20. The molecule has 1 heterocycles. The summed E-state index contributed by atoms with van der Waals surface area (Å²) in [5.74, 6) is 1.26. The van der Waals surface area contributed by atoms with Gasteiger partial charge in [0, 0.05) is 10.9 Å². The number of halogens is 1. The van der Waals surface area contributed by atoms with Gasteiger partial charge in [-0.1, -0.05) is 29.8 Å². The summed E-state index contributed by atoms with van der Waals surface area (Å²) in [4.78, 5) is 12.2. The monoisotopic (exact) mass is 360 g/mol. The summed E-state index contributed by atoms with van der Waals surface area (Å²) in [6, 6.07) is 13.5. The van der Waals surface area contributed by atoms with Crippen molar-refractivity contribution in [2.45, 2.75) is 12.8 Å². The number of hydrogen-bond acceptors (Lipinski definition) is 4. The fraction of sp³-hybridized carbons (Fsp3) is 0.350. The van der Waals surface area contributed by atoms with Crippen molar-refractivity contribution in [3.63, 3.8) is 0 Å². The van der Waals surface area contributed by atoms with Crippen LogP contribution in [0.3, 0.4) is 0 Å². The summed E-state index contributed by atoms with van der Waals surface area (Å²) in [6.45, 7) is 0.450. The van der Waals surface area contributed by atoms with Crippen LogP contribution in [0.25, 0.3) is 0 Å². The third kappa shape index (κ3) is 4.07. The minimum absolute atomic E-state index is 0.125. The summed E-state index contributed by atoms with van der Waals surface area (Å²) in [5, 5.41) is 0.694. The zero-order valence-corrected chi connectivity index (χ0v) is 15.1. The van der Waals surface area contributed by atoms with Crippen LogP contribution in [0.4, 0.5) is 0 Å². The lowest BCUT2D eigenvalue weighted by atomic mass is 9.85. The summed E-state index contributed by atoms with van der Waals surface area (Å²) in [7, 11) is 3.23. The minimum atomic E-state index is -0.144. The van der Waals surface area contributed by atoms with Crippen molar-refractivity contribution in [2.75, 3.05) is 20.8 Å². The van der Waals surface area contributed by atoms with Crippen LogP contribution in [0, 0.1) is 11.8 Å². The first-order valence-electron chi connectivity index (χ1n) is 8.22. The van der Waals surface area contributed by atoms with E-state index in [1.165, 1.54) is 0 Å². The SMILES string of the molecule is COc1ccc(C[C@H]2COC(=O)[C@@H]2Cc2ccc(Cl)cc2)cc1OC. The topological polar surface area (TPSA) is 44.8 Å². The van der Waals surface area contributed by atoms with Crippen LogP contribution >= 0.6 is 11.6 Å². The van der Waals surface area contributed by atoms with Gasteiger partial charge in [-0.05, 0) is 48.2 Å². The average molecular weight is 361 g/mol. The molecule has 25 heavy (non-hydrogen) atoms. The van der Waals surface area contributed by atoms with Crippen LogP contribution < -0.4 is 9.47 Å². The highest BCUT2D eigenvalue weighted by atomic mass is 35.5. The Morgan fingerprint density at radius 3 is 2.36 bits per heavy atom. The zero-order valence-electron chi connectivity index (χ0n) is 14.3. The molecule has 2 aromatic rings. The molecule has 3 rings (SSSR count). The van der Waals surface area contributed by atoms with E-state index in [0.717, 1.165) is 17.5 Å². The maximum absolute atomic E-state index is 12.2. The molecule has 1 saturated heterocycles. The van der Waals surface area contributed by atoms with Crippen molar-refractivity contribution < 1.29 is 19.0 Å². The van der Waals surface area contributed by atoms with E-state index in [4.69, 9.17) is 25.8 Å². The van der Waals surface area contributed by atoms with Crippen LogP contribution in [0.1, 0.15) is 11.1 Å². The summed E-state index contributed by atoms with van der Waals surface area (Å²) in [6.07, 6.45) is 1.41. The fourth-order valence-electron chi connectivity index (χ4n) is 3.24. The van der Waals surface area contributed by atoms with Crippen molar-refractivity contribution in [3.8, 4) is 11.5 Å². The van der Waals surface area contributed by atoms with Gasteiger partial charge in [0.05, 0.1) is 26.7 Å². The van der Waals surface area contributed by atoms with Gasteiger partial charge in [0.15, 0.2) is 11.5 Å². The Kier molecular flexibility index (Phi) is 5.49. The second-order valence-corrected chi connectivity index (χ2v) is 6.66. The number of methoxy groups -OCH3 is 2. The molecular formula is C20H21ClO4. The first-order chi connectivity index (χ1) is 12.1. The first-order valence-corrected chi connectivity index (χ1v) is 8.60. The molecule has 0 aliphatic carbocycles. The highest BCUT2D eigenvalue weighted by Crippen LogP contribution is 2.33. The molecule has 1 aliphatic rings. The van der Waals surface area contributed by atoms with Crippen LogP contribution in [-0.2, 0) is 22.4 Å². The molecule has 5 heteroatoms. The van der Waals surface area contributed by atoms with E-state index >= 15 is 0 Å². The molecule has 0 unspecified atom stereocenters. The Bertz CT molecular complexity index is 742. The largest absolute Gasteiger partial charge is 0.493 e. The van der Waals surface area contributed by atoms with Gasteiger partial charge in [-0.3, -0.25) is 4.79 Å². The molecule has 0 spiro atoms. The number of benzene rings is 2. The minimum Gasteiger partial charge on any atom is -0.493 e. The van der Waals surface area contributed by atoms with Crippen LogP contribution in [0.5, 0.6) is 11.5 Å². The number of hydrogen-bond donors (Lipinski definition) is 0. The van der Waals surface area contributed by atoms with Gasteiger partial charge in [-0.25, -0.2) is 0 Å². The first kappa shape index (κ1) is 17.6. The van der Waals surface area contributed by atoms with Crippen LogP contribution in [0.2, 0.25) is 5.02 Å². The normalized spacial score (nSPS) is 19.6. The van der Waals surface area contributed by atoms with E-state index in [0.29, 0.717) is 29.5 Å². The predicted octanol–water partition coefficient (Wildman–Crippen LogP) is 3.93. The van der Waals surface area contributed by atoms with Crippen molar-refractivity contribution in [1.82, 2.24) is 0 Å². The fourth-order valence-corrected chi connectivity index (χ4v) is 3.37. The second kappa shape index (κ2) is 7.79. The highest BCUT2D eigenvalue weighted by molar-refractivity contribution is 6.30. The molecule has 132 valence electrons. The lowest BCUT2D eigenvalue weighted by molar-refractivity contribution is -0.141. The van der Waals surface area contributed by atoms with E-state index in [9.17, 15) is 4.79 Å². The number of carbonyl (C=O) groups is 1. The Balaban J connectivity index is 1.74. The van der Waals surface area contributed by atoms with Gasteiger partial charge in [0.2, 0.25) is 0 Å². The Morgan fingerprint density at radius 1 is 1.00 bits per heavy atom. The molecule has 0 amide bonds. The highest BCUT2D eigenvalue weighted by Gasteiger charge is 2.36. The van der Waals surface area contributed by atoms with Gasteiger partial charge in [-0.15, -0.1) is 0 Å². The number of carbonyl (C=O) groups excluding carboxylic acids is 1. The molecule has 0 aromatic heterocycles. The molecule has 0 radical (unpaired) electrons. The van der Waals surface area contributed by atoms with Crippen molar-refractivity contribution in [1.29, 1.82) is 0 Å². The van der Waals surface area contributed by atoms with Gasteiger partial charge < -0.3 is 14.2 Å². The van der Waals surface area contributed by atoms with Gasteiger partial charge in [-0.2, -0.15) is 0 Å². The molecule has 1 aliphatic heterocycles. The van der Waals surface area contributed by atoms with Crippen LogP contribution in [0.15, 0.2) is 42.5 Å². The Labute approximate surface area is 152 Å². The van der Waals surface area contributed by atoms with Gasteiger partial charge >= 0.3 is 5.97 Å². The van der Waals surface area contributed by atoms with Crippen LogP contribution in [-0.4, -0.2) is 26.8 Å². The van der Waals surface area contributed by atoms with Crippen molar-refractivity contribution in [3.05, 3.63) is 58.6 Å². The van der Waals surface area contributed by atoms with Gasteiger partial charge in [0.1, 0.15) is 0 Å². The Morgan fingerprint density at radius 2 is 1.68 bits per heavy atom. The van der Waals surface area contributed by atoms with E-state index < -0.39 is 0 Å². The molecule has 1 fully saturated rings. The maximum atomic E-state index is 12.2. The number of ether oxygens (including phenoxy) is 3. The molecule has 0 bridgehead atoms. The molecule has 2 aromatic carbocycles. The molecule has 2 atom stereocenters. The molecule has 4 nitrogen and oxygen atoms in total. The number of rotatable bonds is 6. The second-order valence-electron chi connectivity index (χ2n) is 6.22. The third-order valence-corrected chi connectivity index (χ3v) is 4.88. The lowest BCUT2D eigenvalue weighted by Crippen LogP contribution is -2.20. The molecule has 0 N–H and O–H groups in total. The number of cyclic esters (lactones) is 1. The zero-order chi connectivity index (χ0) is 17.8. The molecular weight excluding hydrogens is 340 g/mol. The van der Waals surface area contributed by atoms with Crippen molar-refractivity contribution >= 4 is 17.6 Å². The average Bonchev–Trinajstić information content (AvgIpc) is 2.96. The number of esters is 1. The van der Waals surface area contributed by atoms with E-state index in [1.807, 2.05) is 42.5 Å². The summed E-state index contributed by atoms with van der Waals surface area (Å²) in [5.41, 5.74) is 2.19.